The van der Waals surface area contributed by atoms with Crippen LogP contribution in [0.2, 0.25) is 0 Å². The zero-order chi connectivity index (χ0) is 12.4. The van der Waals surface area contributed by atoms with Gasteiger partial charge in [0.1, 0.15) is 11.8 Å². The number of aryl methyl sites for hydroxylation is 1. The van der Waals surface area contributed by atoms with E-state index in [-0.39, 0.29) is 11.7 Å². The number of carbonyl (C=O) groups is 1. The maximum atomic E-state index is 11.9. The van der Waals surface area contributed by atoms with Gasteiger partial charge in [0.2, 0.25) is 0 Å². The molecule has 1 aromatic carbocycles. The molecule has 0 saturated heterocycles. The van der Waals surface area contributed by atoms with Crippen LogP contribution in [0.1, 0.15) is 28.8 Å². The summed E-state index contributed by atoms with van der Waals surface area (Å²) in [6.07, 6.45) is 2.01. The Kier molecular flexibility index (Phi) is 3.01. The van der Waals surface area contributed by atoms with Crippen LogP contribution in [-0.2, 0) is 0 Å². The van der Waals surface area contributed by atoms with Crippen LogP contribution in [0.25, 0.3) is 0 Å². The van der Waals surface area contributed by atoms with Gasteiger partial charge in [0.25, 0.3) is 5.91 Å². The lowest BCUT2D eigenvalue weighted by molar-refractivity contribution is 0.0941. The van der Waals surface area contributed by atoms with Crippen molar-refractivity contribution in [2.24, 2.45) is 5.92 Å². The fraction of sp³-hybridized carbons (Fsp3) is 0.385. The second-order valence-corrected chi connectivity index (χ2v) is 4.42. The molecule has 0 heterocycles. The molecule has 0 bridgehead atoms. The number of hydrogen-bond donors (Lipinski definition) is 2. The lowest BCUT2D eigenvalue weighted by Crippen LogP contribution is -2.35. The number of hydrogen-bond acceptors (Lipinski definition) is 3. The molecule has 0 radical (unpaired) electrons. The van der Waals surface area contributed by atoms with Gasteiger partial charge in [0.15, 0.2) is 0 Å². The van der Waals surface area contributed by atoms with Crippen molar-refractivity contribution in [2.45, 2.75) is 25.8 Å². The third-order valence-electron chi connectivity index (χ3n) is 2.97. The van der Waals surface area contributed by atoms with Crippen LogP contribution in [0.3, 0.4) is 0 Å². The minimum atomic E-state index is -0.393. The summed E-state index contributed by atoms with van der Waals surface area (Å²) in [5.74, 6) is 0.195. The molecule has 1 atom stereocenters. The van der Waals surface area contributed by atoms with Crippen molar-refractivity contribution in [1.29, 1.82) is 5.26 Å². The van der Waals surface area contributed by atoms with E-state index in [2.05, 4.69) is 11.4 Å². The average Bonchev–Trinajstić information content (AvgIpc) is 3.09. The largest absolute Gasteiger partial charge is 0.508 e. The first-order chi connectivity index (χ1) is 8.11. The zero-order valence-electron chi connectivity index (χ0n) is 9.60. The van der Waals surface area contributed by atoms with Crippen molar-refractivity contribution < 1.29 is 9.90 Å². The number of aromatic hydroxyl groups is 1. The van der Waals surface area contributed by atoms with E-state index in [1.54, 1.807) is 13.0 Å². The predicted molar refractivity (Wildman–Crippen MR) is 62.4 cm³/mol. The molecule has 17 heavy (non-hydrogen) atoms. The van der Waals surface area contributed by atoms with Crippen molar-refractivity contribution >= 4 is 5.91 Å². The van der Waals surface area contributed by atoms with Crippen molar-refractivity contribution in [2.75, 3.05) is 0 Å². The molecule has 88 valence electrons. The molecule has 0 aromatic heterocycles. The number of nitriles is 1. The standard InChI is InChI=1S/C13H14N2O2/c1-8-6-10(16)4-5-11(8)13(17)15-12(7-14)9-2-3-9/h4-6,9,12,16H,2-3H2,1H3,(H,15,17). The maximum Gasteiger partial charge on any atom is 0.252 e. The molecule has 2 N–H and O–H groups in total. The smallest absolute Gasteiger partial charge is 0.252 e. The van der Waals surface area contributed by atoms with Crippen molar-refractivity contribution in [3.8, 4) is 11.8 Å². The summed E-state index contributed by atoms with van der Waals surface area (Å²) in [5, 5.41) is 20.9. The van der Waals surface area contributed by atoms with Crippen LogP contribution < -0.4 is 5.32 Å². The van der Waals surface area contributed by atoms with Gasteiger partial charge in [-0.05, 0) is 49.4 Å². The predicted octanol–water partition coefficient (Wildman–Crippen LogP) is 1.73. The third kappa shape index (κ3) is 2.56. The molecule has 1 aliphatic carbocycles. The van der Waals surface area contributed by atoms with E-state index < -0.39 is 6.04 Å². The lowest BCUT2D eigenvalue weighted by atomic mass is 10.1. The first-order valence-corrected chi connectivity index (χ1v) is 5.62. The summed E-state index contributed by atoms with van der Waals surface area (Å²) in [6.45, 7) is 1.76. The molecule has 1 amide bonds. The molecule has 1 aliphatic rings. The molecule has 1 fully saturated rings. The van der Waals surface area contributed by atoms with Crippen LogP contribution >= 0.6 is 0 Å². The molecule has 1 saturated carbocycles. The van der Waals surface area contributed by atoms with Gasteiger partial charge in [0.05, 0.1) is 6.07 Å². The Morgan fingerprint density at radius 2 is 2.29 bits per heavy atom. The van der Waals surface area contributed by atoms with Crippen molar-refractivity contribution in [3.05, 3.63) is 29.3 Å². The van der Waals surface area contributed by atoms with E-state index in [4.69, 9.17) is 5.26 Å². The number of nitrogens with zero attached hydrogens (tertiary/aromatic N) is 1. The second-order valence-electron chi connectivity index (χ2n) is 4.42. The highest BCUT2D eigenvalue weighted by atomic mass is 16.3. The quantitative estimate of drug-likeness (QED) is 0.830. The summed E-state index contributed by atoms with van der Waals surface area (Å²) >= 11 is 0. The number of phenolic OH excluding ortho intramolecular Hbond substituents is 1. The fourth-order valence-corrected chi connectivity index (χ4v) is 1.81. The minimum Gasteiger partial charge on any atom is -0.508 e. The summed E-state index contributed by atoms with van der Waals surface area (Å²) < 4.78 is 0. The van der Waals surface area contributed by atoms with Gasteiger partial charge in [-0.2, -0.15) is 5.26 Å². The van der Waals surface area contributed by atoms with Gasteiger partial charge >= 0.3 is 0 Å². The Bertz CT molecular complexity index is 487. The van der Waals surface area contributed by atoms with E-state index >= 15 is 0 Å². The van der Waals surface area contributed by atoms with E-state index in [0.29, 0.717) is 17.0 Å². The van der Waals surface area contributed by atoms with Gasteiger partial charge < -0.3 is 10.4 Å². The van der Waals surface area contributed by atoms with Gasteiger partial charge in [-0.15, -0.1) is 0 Å². The Balaban J connectivity index is 2.11. The Hall–Kier alpha value is -2.02. The fourth-order valence-electron chi connectivity index (χ4n) is 1.81. The molecular weight excluding hydrogens is 216 g/mol. The van der Waals surface area contributed by atoms with Gasteiger partial charge in [-0.1, -0.05) is 0 Å². The third-order valence-corrected chi connectivity index (χ3v) is 2.97. The number of amides is 1. The minimum absolute atomic E-state index is 0.137. The highest BCUT2D eigenvalue weighted by Crippen LogP contribution is 2.32. The van der Waals surface area contributed by atoms with Crippen LogP contribution in [-0.4, -0.2) is 17.1 Å². The van der Waals surface area contributed by atoms with Gasteiger partial charge in [-0.3, -0.25) is 4.79 Å². The van der Waals surface area contributed by atoms with E-state index in [9.17, 15) is 9.90 Å². The van der Waals surface area contributed by atoms with Crippen LogP contribution in [0, 0.1) is 24.2 Å². The lowest BCUT2D eigenvalue weighted by Gasteiger charge is -2.12. The Labute approximate surface area is 99.9 Å². The number of carbonyl (C=O) groups excluding carboxylic acids is 1. The monoisotopic (exact) mass is 230 g/mol. The van der Waals surface area contributed by atoms with Crippen molar-refractivity contribution in [1.82, 2.24) is 5.32 Å². The molecular formula is C13H14N2O2. The zero-order valence-corrected chi connectivity index (χ0v) is 9.60. The summed E-state index contributed by atoms with van der Waals surface area (Å²) in [7, 11) is 0. The van der Waals surface area contributed by atoms with Gasteiger partial charge in [-0.25, -0.2) is 0 Å². The highest BCUT2D eigenvalue weighted by Gasteiger charge is 2.32. The molecule has 0 aliphatic heterocycles. The van der Waals surface area contributed by atoms with Crippen LogP contribution in [0.4, 0.5) is 0 Å². The number of rotatable bonds is 3. The van der Waals surface area contributed by atoms with E-state index in [1.807, 2.05) is 0 Å². The van der Waals surface area contributed by atoms with Crippen molar-refractivity contribution in [3.63, 3.8) is 0 Å². The molecule has 2 rings (SSSR count). The van der Waals surface area contributed by atoms with Crippen LogP contribution in [0.15, 0.2) is 18.2 Å². The topological polar surface area (TPSA) is 73.1 Å². The first-order valence-electron chi connectivity index (χ1n) is 5.62. The van der Waals surface area contributed by atoms with Gasteiger partial charge in [0, 0.05) is 5.56 Å². The Morgan fingerprint density at radius 1 is 1.59 bits per heavy atom. The maximum absolute atomic E-state index is 11.9. The SMILES string of the molecule is Cc1cc(O)ccc1C(=O)NC(C#N)C1CC1. The molecule has 4 heteroatoms. The first kappa shape index (κ1) is 11.5. The summed E-state index contributed by atoms with van der Waals surface area (Å²) in [6, 6.07) is 6.30. The molecule has 1 aromatic rings. The van der Waals surface area contributed by atoms with E-state index in [0.717, 1.165) is 12.8 Å². The number of benzene rings is 1. The molecule has 0 spiro atoms. The number of phenols is 1. The molecule has 1 unspecified atom stereocenters. The molecule has 4 nitrogen and oxygen atoms in total. The average molecular weight is 230 g/mol. The number of nitrogens with one attached hydrogen (secondary N) is 1. The van der Waals surface area contributed by atoms with E-state index in [1.165, 1.54) is 12.1 Å². The summed E-state index contributed by atoms with van der Waals surface area (Å²) in [5.41, 5.74) is 1.21. The summed E-state index contributed by atoms with van der Waals surface area (Å²) in [4.78, 5) is 11.9. The normalized spacial score (nSPS) is 16.0. The van der Waals surface area contributed by atoms with Crippen LogP contribution in [0.5, 0.6) is 5.75 Å². The Morgan fingerprint density at radius 3 is 2.82 bits per heavy atom. The second kappa shape index (κ2) is 4.46. The highest BCUT2D eigenvalue weighted by molar-refractivity contribution is 5.96.